The van der Waals surface area contributed by atoms with Crippen LogP contribution in [-0.4, -0.2) is 45.3 Å². The maximum Gasteiger partial charge on any atom is 0.336 e. The SMILES string of the molecule is CCN(C(=O)CCC(C)(C)O)c1cccc(OC(C)c2ccc(C(=O)O)c(C(=O)O)c2)c1. The topological polar surface area (TPSA) is 124 Å². The molecular formula is C24H29NO7. The van der Waals surface area contributed by atoms with Crippen molar-refractivity contribution < 1.29 is 34.4 Å². The molecule has 0 saturated carbocycles. The van der Waals surface area contributed by atoms with Gasteiger partial charge in [-0.1, -0.05) is 12.1 Å². The van der Waals surface area contributed by atoms with Crippen molar-refractivity contribution in [2.24, 2.45) is 0 Å². The summed E-state index contributed by atoms with van der Waals surface area (Å²) in [6.07, 6.45) is -0.0206. The fourth-order valence-electron chi connectivity index (χ4n) is 3.23. The van der Waals surface area contributed by atoms with E-state index in [1.807, 2.05) is 6.92 Å². The molecule has 0 aromatic heterocycles. The Morgan fingerprint density at radius 1 is 1.03 bits per heavy atom. The molecule has 2 aromatic carbocycles. The quantitative estimate of drug-likeness (QED) is 0.504. The van der Waals surface area contributed by atoms with E-state index in [2.05, 4.69) is 0 Å². The van der Waals surface area contributed by atoms with Crippen molar-refractivity contribution in [3.05, 3.63) is 59.2 Å². The van der Waals surface area contributed by atoms with Crippen molar-refractivity contribution in [2.45, 2.75) is 52.2 Å². The van der Waals surface area contributed by atoms with Crippen molar-refractivity contribution in [2.75, 3.05) is 11.4 Å². The molecule has 2 aromatic rings. The van der Waals surface area contributed by atoms with E-state index in [4.69, 9.17) is 4.74 Å². The van der Waals surface area contributed by atoms with E-state index in [1.54, 1.807) is 49.9 Å². The van der Waals surface area contributed by atoms with Gasteiger partial charge in [0.1, 0.15) is 11.9 Å². The maximum absolute atomic E-state index is 12.6. The number of carboxylic acids is 2. The van der Waals surface area contributed by atoms with Crippen LogP contribution in [0.4, 0.5) is 5.69 Å². The molecule has 1 unspecified atom stereocenters. The minimum absolute atomic E-state index is 0.116. The predicted octanol–water partition coefficient (Wildman–Crippen LogP) is 4.13. The molecule has 1 atom stereocenters. The van der Waals surface area contributed by atoms with Crippen LogP contribution in [0.3, 0.4) is 0 Å². The summed E-state index contributed by atoms with van der Waals surface area (Å²) in [5.41, 5.74) is -0.385. The molecule has 8 nitrogen and oxygen atoms in total. The Labute approximate surface area is 187 Å². The van der Waals surface area contributed by atoms with Crippen LogP contribution in [-0.2, 0) is 4.79 Å². The van der Waals surface area contributed by atoms with Crippen LogP contribution in [0.2, 0.25) is 0 Å². The number of benzene rings is 2. The van der Waals surface area contributed by atoms with Crippen LogP contribution in [0.15, 0.2) is 42.5 Å². The third kappa shape index (κ3) is 6.55. The minimum atomic E-state index is -1.33. The number of hydrogen-bond acceptors (Lipinski definition) is 5. The molecule has 0 bridgehead atoms. The summed E-state index contributed by atoms with van der Waals surface area (Å²) in [6, 6.07) is 11.0. The van der Waals surface area contributed by atoms with E-state index in [0.717, 1.165) is 0 Å². The van der Waals surface area contributed by atoms with Crippen molar-refractivity contribution >= 4 is 23.5 Å². The lowest BCUT2D eigenvalue weighted by Gasteiger charge is -2.24. The number of aliphatic hydroxyl groups is 1. The van der Waals surface area contributed by atoms with Gasteiger partial charge in [0.25, 0.3) is 0 Å². The highest BCUT2D eigenvalue weighted by atomic mass is 16.5. The van der Waals surface area contributed by atoms with Gasteiger partial charge in [-0.05, 0) is 63.9 Å². The highest BCUT2D eigenvalue weighted by molar-refractivity contribution is 6.01. The number of amides is 1. The molecule has 0 aliphatic carbocycles. The minimum Gasteiger partial charge on any atom is -0.486 e. The molecular weight excluding hydrogens is 414 g/mol. The van der Waals surface area contributed by atoms with E-state index >= 15 is 0 Å². The first kappa shape index (κ1) is 24.9. The maximum atomic E-state index is 12.6. The monoisotopic (exact) mass is 443 g/mol. The van der Waals surface area contributed by atoms with Crippen LogP contribution < -0.4 is 9.64 Å². The van der Waals surface area contributed by atoms with Gasteiger partial charge in [0.05, 0.1) is 16.7 Å². The van der Waals surface area contributed by atoms with Crippen LogP contribution in [0, 0.1) is 0 Å². The summed E-state index contributed by atoms with van der Waals surface area (Å²) >= 11 is 0. The Bertz CT molecular complexity index is 994. The van der Waals surface area contributed by atoms with Gasteiger partial charge in [-0.15, -0.1) is 0 Å². The number of ether oxygens (including phenoxy) is 1. The molecule has 2 rings (SSSR count). The third-order valence-corrected chi connectivity index (χ3v) is 4.98. The first-order valence-corrected chi connectivity index (χ1v) is 10.3. The first-order chi connectivity index (χ1) is 14.9. The summed E-state index contributed by atoms with van der Waals surface area (Å²) in [4.78, 5) is 36.9. The van der Waals surface area contributed by atoms with Crippen molar-refractivity contribution in [3.63, 3.8) is 0 Å². The lowest BCUT2D eigenvalue weighted by Crippen LogP contribution is -2.32. The second-order valence-corrected chi connectivity index (χ2v) is 8.12. The van der Waals surface area contributed by atoms with Gasteiger partial charge in [-0.2, -0.15) is 0 Å². The van der Waals surface area contributed by atoms with E-state index in [9.17, 15) is 29.7 Å². The fraction of sp³-hybridized carbons (Fsp3) is 0.375. The largest absolute Gasteiger partial charge is 0.486 e. The average Bonchev–Trinajstić information content (AvgIpc) is 2.72. The standard InChI is InChI=1S/C24H29NO7/c1-5-25(21(26)11-12-24(3,4)31)17-7-6-8-18(14-17)32-15(2)16-9-10-19(22(27)28)20(13-16)23(29)30/h6-10,13-15,31H,5,11-12H2,1-4H3,(H,27,28)(H,29,30). The number of rotatable bonds is 10. The summed E-state index contributed by atoms with van der Waals surface area (Å²) in [7, 11) is 0. The molecule has 172 valence electrons. The molecule has 1 amide bonds. The van der Waals surface area contributed by atoms with Crippen LogP contribution in [0.5, 0.6) is 5.75 Å². The van der Waals surface area contributed by atoms with Gasteiger partial charge < -0.3 is 25.0 Å². The first-order valence-electron chi connectivity index (χ1n) is 10.3. The number of hydrogen-bond donors (Lipinski definition) is 3. The zero-order chi connectivity index (χ0) is 24.1. The molecule has 0 aliphatic rings. The molecule has 0 aliphatic heterocycles. The van der Waals surface area contributed by atoms with E-state index in [-0.39, 0.29) is 23.5 Å². The summed E-state index contributed by atoms with van der Waals surface area (Å²) in [6.45, 7) is 7.34. The van der Waals surface area contributed by atoms with E-state index < -0.39 is 23.6 Å². The zero-order valence-corrected chi connectivity index (χ0v) is 18.7. The molecule has 0 saturated heterocycles. The number of anilines is 1. The number of carbonyl (C=O) groups excluding carboxylic acids is 1. The molecule has 0 radical (unpaired) electrons. The third-order valence-electron chi connectivity index (χ3n) is 4.98. The molecule has 32 heavy (non-hydrogen) atoms. The van der Waals surface area contributed by atoms with Gasteiger partial charge in [-0.25, -0.2) is 9.59 Å². The van der Waals surface area contributed by atoms with Crippen molar-refractivity contribution in [1.29, 1.82) is 0 Å². The summed E-state index contributed by atoms with van der Waals surface area (Å²) in [5.74, 6) is -2.29. The van der Waals surface area contributed by atoms with Crippen LogP contribution in [0.25, 0.3) is 0 Å². The summed E-state index contributed by atoms with van der Waals surface area (Å²) in [5, 5.41) is 28.4. The zero-order valence-electron chi connectivity index (χ0n) is 18.7. The molecule has 3 N–H and O–H groups in total. The predicted molar refractivity (Wildman–Crippen MR) is 119 cm³/mol. The lowest BCUT2D eigenvalue weighted by molar-refractivity contribution is -0.119. The number of nitrogens with zero attached hydrogens (tertiary/aromatic N) is 1. The highest BCUT2D eigenvalue weighted by Gasteiger charge is 2.21. The average molecular weight is 443 g/mol. The Morgan fingerprint density at radius 3 is 2.25 bits per heavy atom. The number of carboxylic acid groups (broad SMARTS) is 2. The van der Waals surface area contributed by atoms with E-state index in [0.29, 0.717) is 30.0 Å². The molecule has 0 heterocycles. The van der Waals surface area contributed by atoms with Crippen LogP contribution in [0.1, 0.15) is 72.9 Å². The number of carbonyl (C=O) groups is 3. The Balaban J connectivity index is 2.21. The Hall–Kier alpha value is -3.39. The van der Waals surface area contributed by atoms with Gasteiger partial charge in [-0.3, -0.25) is 4.79 Å². The Kier molecular flexibility index (Phi) is 7.99. The van der Waals surface area contributed by atoms with Crippen molar-refractivity contribution in [3.8, 4) is 5.75 Å². The number of aromatic carboxylic acids is 2. The second-order valence-electron chi connectivity index (χ2n) is 8.12. The van der Waals surface area contributed by atoms with Gasteiger partial charge in [0.15, 0.2) is 0 Å². The van der Waals surface area contributed by atoms with Gasteiger partial charge in [0.2, 0.25) is 5.91 Å². The summed E-state index contributed by atoms with van der Waals surface area (Å²) < 4.78 is 5.95. The van der Waals surface area contributed by atoms with Gasteiger partial charge in [0, 0.05) is 24.7 Å². The Morgan fingerprint density at radius 2 is 1.69 bits per heavy atom. The second kappa shape index (κ2) is 10.3. The normalized spacial score (nSPS) is 12.2. The van der Waals surface area contributed by atoms with Gasteiger partial charge >= 0.3 is 11.9 Å². The molecule has 0 fully saturated rings. The van der Waals surface area contributed by atoms with Crippen molar-refractivity contribution in [1.82, 2.24) is 0 Å². The van der Waals surface area contributed by atoms with E-state index in [1.165, 1.54) is 18.2 Å². The smallest absolute Gasteiger partial charge is 0.336 e. The highest BCUT2D eigenvalue weighted by Crippen LogP contribution is 2.28. The fourth-order valence-corrected chi connectivity index (χ4v) is 3.23. The molecule has 8 heteroatoms. The lowest BCUT2D eigenvalue weighted by atomic mass is 10.0. The molecule has 0 spiro atoms. The van der Waals surface area contributed by atoms with Crippen LogP contribution >= 0.6 is 0 Å².